The summed E-state index contributed by atoms with van der Waals surface area (Å²) in [5.74, 6) is 0.355. The second kappa shape index (κ2) is 6.61. The molecule has 0 spiro atoms. The maximum Gasteiger partial charge on any atom is 0.221 e. The number of nitrogens with one attached hydrogen (secondary N) is 2. The molecule has 116 valence electrons. The molecule has 0 saturated heterocycles. The standard InChI is InChI=1S/C15H23FN3OP/c1-10(20)19-12-2-3-14(13(17)8-12)18-9-11-4-6-15(16,21)7-5-11/h2-3,8,11,18H,4-7,9,17,21H2,1H3,(H,19,20). The Hall–Kier alpha value is -1.35. The Kier molecular flexibility index (Phi) is 5.04. The van der Waals surface area contributed by atoms with Crippen LogP contribution >= 0.6 is 9.24 Å². The molecule has 21 heavy (non-hydrogen) atoms. The molecule has 1 unspecified atom stereocenters. The first-order chi connectivity index (χ1) is 9.85. The average Bonchev–Trinajstić information content (AvgIpc) is 2.38. The minimum atomic E-state index is -1.07. The zero-order valence-corrected chi connectivity index (χ0v) is 13.4. The van der Waals surface area contributed by atoms with Gasteiger partial charge in [-0.25, -0.2) is 4.39 Å². The molecule has 0 aromatic heterocycles. The Morgan fingerprint density at radius 3 is 2.71 bits per heavy atom. The van der Waals surface area contributed by atoms with Crippen LogP contribution in [-0.4, -0.2) is 17.9 Å². The molecule has 0 radical (unpaired) electrons. The molecule has 6 heteroatoms. The Morgan fingerprint density at radius 2 is 2.14 bits per heavy atom. The summed E-state index contributed by atoms with van der Waals surface area (Å²) in [5.41, 5.74) is 8.12. The van der Waals surface area contributed by atoms with Crippen molar-refractivity contribution in [2.75, 3.05) is 22.9 Å². The van der Waals surface area contributed by atoms with Crippen LogP contribution in [0.4, 0.5) is 21.5 Å². The van der Waals surface area contributed by atoms with Gasteiger partial charge in [-0.05, 0) is 49.8 Å². The summed E-state index contributed by atoms with van der Waals surface area (Å²) in [4.78, 5) is 11.0. The molecule has 1 aliphatic carbocycles. The van der Waals surface area contributed by atoms with Gasteiger partial charge >= 0.3 is 0 Å². The van der Waals surface area contributed by atoms with Crippen molar-refractivity contribution in [3.05, 3.63) is 18.2 Å². The van der Waals surface area contributed by atoms with Crippen molar-refractivity contribution in [1.82, 2.24) is 0 Å². The number of alkyl halides is 1. The maximum absolute atomic E-state index is 13.7. The van der Waals surface area contributed by atoms with E-state index >= 15 is 0 Å². The zero-order chi connectivity index (χ0) is 15.5. The lowest BCUT2D eigenvalue weighted by Crippen LogP contribution is -2.27. The van der Waals surface area contributed by atoms with Crippen molar-refractivity contribution in [3.63, 3.8) is 0 Å². The van der Waals surface area contributed by atoms with Gasteiger partial charge in [-0.2, -0.15) is 0 Å². The van der Waals surface area contributed by atoms with Crippen LogP contribution in [0.2, 0.25) is 0 Å². The molecule has 4 N–H and O–H groups in total. The highest BCUT2D eigenvalue weighted by molar-refractivity contribution is 7.18. The smallest absolute Gasteiger partial charge is 0.221 e. The van der Waals surface area contributed by atoms with E-state index in [9.17, 15) is 9.18 Å². The van der Waals surface area contributed by atoms with Crippen LogP contribution < -0.4 is 16.4 Å². The van der Waals surface area contributed by atoms with Crippen molar-refractivity contribution in [2.45, 2.75) is 38.0 Å². The summed E-state index contributed by atoms with van der Waals surface area (Å²) in [7, 11) is 2.32. The SMILES string of the molecule is CC(=O)Nc1ccc(NCC2CCC(F)(P)CC2)c(N)c1. The Bertz CT molecular complexity index is 512. The highest BCUT2D eigenvalue weighted by Gasteiger charge is 2.30. The summed E-state index contributed by atoms with van der Waals surface area (Å²) < 4.78 is 13.7. The highest BCUT2D eigenvalue weighted by atomic mass is 31.0. The van der Waals surface area contributed by atoms with E-state index in [1.807, 2.05) is 12.1 Å². The van der Waals surface area contributed by atoms with Crippen LogP contribution in [0.1, 0.15) is 32.6 Å². The first-order valence-corrected chi connectivity index (χ1v) is 7.82. The van der Waals surface area contributed by atoms with Gasteiger partial charge in [-0.1, -0.05) is 9.24 Å². The van der Waals surface area contributed by atoms with E-state index in [1.165, 1.54) is 6.92 Å². The molecule has 0 heterocycles. The second-order valence-corrected chi connectivity index (χ2v) is 6.88. The predicted molar refractivity (Wildman–Crippen MR) is 89.2 cm³/mol. The number of carbonyl (C=O) groups is 1. The molecule has 0 aliphatic heterocycles. The van der Waals surface area contributed by atoms with Gasteiger partial charge < -0.3 is 16.4 Å². The lowest BCUT2D eigenvalue weighted by Gasteiger charge is -2.31. The molecule has 1 amide bonds. The predicted octanol–water partition coefficient (Wildman–Crippen LogP) is 3.37. The Balaban J connectivity index is 1.87. The van der Waals surface area contributed by atoms with Crippen LogP contribution in [0.3, 0.4) is 0 Å². The van der Waals surface area contributed by atoms with Crippen molar-refractivity contribution >= 4 is 32.2 Å². The minimum Gasteiger partial charge on any atom is -0.397 e. The monoisotopic (exact) mass is 311 g/mol. The molecule has 1 saturated carbocycles. The first kappa shape index (κ1) is 16.0. The van der Waals surface area contributed by atoms with Gasteiger partial charge in [0.1, 0.15) is 5.41 Å². The number of nitrogens with two attached hydrogens (primary N) is 1. The number of rotatable bonds is 4. The molecule has 1 fully saturated rings. The largest absolute Gasteiger partial charge is 0.397 e. The summed E-state index contributed by atoms with van der Waals surface area (Å²) in [6.45, 7) is 2.26. The van der Waals surface area contributed by atoms with E-state index in [2.05, 4.69) is 19.9 Å². The number of nitrogen functional groups attached to an aromatic ring is 1. The molecule has 1 aromatic carbocycles. The average molecular weight is 311 g/mol. The van der Waals surface area contributed by atoms with Gasteiger partial charge in [0, 0.05) is 19.2 Å². The molecular weight excluding hydrogens is 288 g/mol. The van der Waals surface area contributed by atoms with Crippen LogP contribution in [0.25, 0.3) is 0 Å². The fraction of sp³-hybridized carbons (Fsp3) is 0.533. The molecule has 4 nitrogen and oxygen atoms in total. The van der Waals surface area contributed by atoms with E-state index < -0.39 is 5.41 Å². The summed E-state index contributed by atoms with van der Waals surface area (Å²) in [6.07, 6.45) is 2.97. The fourth-order valence-corrected chi connectivity index (χ4v) is 2.95. The lowest BCUT2D eigenvalue weighted by molar-refractivity contribution is -0.114. The molecule has 1 aromatic rings. The van der Waals surface area contributed by atoms with E-state index in [1.54, 1.807) is 6.07 Å². The molecule has 0 bridgehead atoms. The van der Waals surface area contributed by atoms with E-state index in [0.717, 1.165) is 25.1 Å². The van der Waals surface area contributed by atoms with Crippen LogP contribution in [0, 0.1) is 5.92 Å². The van der Waals surface area contributed by atoms with Gasteiger partial charge in [0.25, 0.3) is 0 Å². The van der Waals surface area contributed by atoms with Crippen molar-refractivity contribution in [2.24, 2.45) is 5.92 Å². The van der Waals surface area contributed by atoms with Crippen LogP contribution in [0.15, 0.2) is 18.2 Å². The molecule has 2 rings (SSSR count). The minimum absolute atomic E-state index is 0.121. The third-order valence-corrected chi connectivity index (χ3v) is 4.47. The van der Waals surface area contributed by atoms with Crippen molar-refractivity contribution < 1.29 is 9.18 Å². The van der Waals surface area contributed by atoms with Crippen molar-refractivity contribution in [3.8, 4) is 0 Å². The molecule has 1 aliphatic rings. The van der Waals surface area contributed by atoms with Crippen LogP contribution in [0.5, 0.6) is 0 Å². The Labute approximate surface area is 127 Å². The Morgan fingerprint density at radius 1 is 1.48 bits per heavy atom. The van der Waals surface area contributed by atoms with Gasteiger partial charge in [0.15, 0.2) is 0 Å². The van der Waals surface area contributed by atoms with Crippen molar-refractivity contribution in [1.29, 1.82) is 0 Å². The number of halogens is 1. The van der Waals surface area contributed by atoms with Gasteiger partial charge in [-0.15, -0.1) is 0 Å². The molecule has 1 atom stereocenters. The molecular formula is C15H23FN3OP. The highest BCUT2D eigenvalue weighted by Crippen LogP contribution is 2.39. The van der Waals surface area contributed by atoms with E-state index in [4.69, 9.17) is 5.73 Å². The van der Waals surface area contributed by atoms with E-state index in [0.29, 0.717) is 30.1 Å². The number of benzene rings is 1. The normalized spacial score (nSPS) is 25.4. The number of hydrogen-bond acceptors (Lipinski definition) is 3. The second-order valence-electron chi connectivity index (χ2n) is 5.84. The van der Waals surface area contributed by atoms with E-state index in [-0.39, 0.29) is 5.91 Å². The van der Waals surface area contributed by atoms with Gasteiger partial charge in [-0.3, -0.25) is 4.79 Å². The number of hydrogen-bond donors (Lipinski definition) is 3. The number of amides is 1. The van der Waals surface area contributed by atoms with Crippen LogP contribution in [-0.2, 0) is 4.79 Å². The maximum atomic E-state index is 13.7. The summed E-state index contributed by atoms with van der Waals surface area (Å²) in [6, 6.07) is 5.41. The zero-order valence-electron chi connectivity index (χ0n) is 12.3. The summed E-state index contributed by atoms with van der Waals surface area (Å²) >= 11 is 0. The summed E-state index contributed by atoms with van der Waals surface area (Å²) in [5, 5.41) is 4.95. The quantitative estimate of drug-likeness (QED) is 0.590. The number of anilines is 3. The third-order valence-electron chi connectivity index (χ3n) is 3.89. The first-order valence-electron chi connectivity index (χ1n) is 7.24. The fourth-order valence-electron chi connectivity index (χ4n) is 2.62. The van der Waals surface area contributed by atoms with Gasteiger partial charge in [0.2, 0.25) is 5.91 Å². The lowest BCUT2D eigenvalue weighted by atomic mass is 9.87. The van der Waals surface area contributed by atoms with Gasteiger partial charge in [0.05, 0.1) is 11.4 Å². The third kappa shape index (κ3) is 4.85. The topological polar surface area (TPSA) is 67.2 Å². The number of carbonyl (C=O) groups excluding carboxylic acids is 1.